The maximum atomic E-state index is 5.82. The lowest BCUT2D eigenvalue weighted by molar-refractivity contribution is 0.306. The molecule has 0 aliphatic heterocycles. The first-order chi connectivity index (χ1) is 12.9. The Morgan fingerprint density at radius 3 is 2.46 bits per heavy atom. The van der Waals surface area contributed by atoms with Gasteiger partial charge in [-0.3, -0.25) is 4.98 Å². The van der Waals surface area contributed by atoms with Crippen LogP contribution in [0, 0.1) is 0 Å². The Kier molecular flexibility index (Phi) is 4.69. The van der Waals surface area contributed by atoms with Crippen LogP contribution in [0.2, 0.25) is 0 Å². The summed E-state index contributed by atoms with van der Waals surface area (Å²) in [5.74, 6) is 0.854. The summed E-state index contributed by atoms with van der Waals surface area (Å²) >= 11 is 0. The van der Waals surface area contributed by atoms with E-state index in [0.717, 1.165) is 28.1 Å². The second kappa shape index (κ2) is 7.61. The number of ether oxygens (including phenoxy) is 1. The lowest BCUT2D eigenvalue weighted by Gasteiger charge is -2.07. The predicted octanol–water partition coefficient (Wildman–Crippen LogP) is 3.97. The van der Waals surface area contributed by atoms with Gasteiger partial charge in [0.2, 0.25) is 0 Å². The summed E-state index contributed by atoms with van der Waals surface area (Å²) < 4.78 is 7.64. The Morgan fingerprint density at radius 1 is 0.846 bits per heavy atom. The van der Waals surface area contributed by atoms with Crippen molar-refractivity contribution >= 4 is 0 Å². The molecule has 0 saturated carbocycles. The lowest BCUT2D eigenvalue weighted by Crippen LogP contribution is -2.00. The smallest absolute Gasteiger partial charge is 0.119 e. The minimum atomic E-state index is 0.567. The van der Waals surface area contributed by atoms with Crippen molar-refractivity contribution in [1.29, 1.82) is 0 Å². The third kappa shape index (κ3) is 3.95. The van der Waals surface area contributed by atoms with Crippen molar-refractivity contribution in [2.75, 3.05) is 0 Å². The van der Waals surface area contributed by atoms with Crippen LogP contribution in [0.5, 0.6) is 5.75 Å². The molecule has 2 heterocycles. The maximum Gasteiger partial charge on any atom is 0.119 e. The van der Waals surface area contributed by atoms with E-state index in [-0.39, 0.29) is 0 Å². The van der Waals surface area contributed by atoms with Crippen molar-refractivity contribution < 1.29 is 4.74 Å². The zero-order valence-corrected chi connectivity index (χ0v) is 14.2. The van der Waals surface area contributed by atoms with Gasteiger partial charge in [0, 0.05) is 18.0 Å². The van der Waals surface area contributed by atoms with E-state index < -0.39 is 0 Å². The summed E-state index contributed by atoms with van der Waals surface area (Å²) in [6.07, 6.45) is 5.46. The fourth-order valence-corrected chi connectivity index (χ4v) is 2.64. The molecular formula is C21H18N4O. The summed E-state index contributed by atoms with van der Waals surface area (Å²) in [4.78, 5) is 4.11. The molecule has 4 aromatic rings. The quantitative estimate of drug-likeness (QED) is 0.532. The van der Waals surface area contributed by atoms with Crippen molar-refractivity contribution in [1.82, 2.24) is 20.0 Å². The Bertz CT molecular complexity index is 950. The first-order valence-electron chi connectivity index (χ1n) is 8.43. The third-order valence-corrected chi connectivity index (χ3v) is 4.01. The number of rotatable bonds is 6. The van der Waals surface area contributed by atoms with Crippen molar-refractivity contribution in [3.8, 4) is 17.0 Å². The van der Waals surface area contributed by atoms with Crippen molar-refractivity contribution in [2.45, 2.75) is 13.2 Å². The molecule has 2 aromatic heterocycles. The van der Waals surface area contributed by atoms with Crippen LogP contribution >= 0.6 is 0 Å². The van der Waals surface area contributed by atoms with Crippen LogP contribution < -0.4 is 4.74 Å². The number of nitrogens with zero attached hydrogens (tertiary/aromatic N) is 4. The summed E-state index contributed by atoms with van der Waals surface area (Å²) in [5.41, 5.74) is 4.08. The average molecular weight is 342 g/mol. The molecule has 0 aliphatic rings. The standard InChI is InChI=1S/C21H18N4O/c1-2-5-18(6-3-1)16-26-20-10-8-17(9-11-20)14-25-15-21(23-24-25)19-7-4-12-22-13-19/h1-13,15H,14,16H2. The molecule has 128 valence electrons. The second-order valence-electron chi connectivity index (χ2n) is 5.96. The van der Waals surface area contributed by atoms with Crippen LogP contribution in [-0.2, 0) is 13.2 Å². The molecule has 0 atom stereocenters. The highest BCUT2D eigenvalue weighted by Crippen LogP contribution is 2.17. The minimum Gasteiger partial charge on any atom is -0.489 e. The molecule has 5 heteroatoms. The second-order valence-corrected chi connectivity index (χ2v) is 5.96. The van der Waals surface area contributed by atoms with Crippen LogP contribution in [0.25, 0.3) is 11.3 Å². The Labute approximate surface area is 151 Å². The van der Waals surface area contributed by atoms with E-state index in [0.29, 0.717) is 13.2 Å². The van der Waals surface area contributed by atoms with E-state index in [9.17, 15) is 0 Å². The highest BCUT2D eigenvalue weighted by atomic mass is 16.5. The van der Waals surface area contributed by atoms with Crippen molar-refractivity contribution in [3.63, 3.8) is 0 Å². The summed E-state index contributed by atoms with van der Waals surface area (Å²) in [6, 6.07) is 22.1. The fraction of sp³-hybridized carbons (Fsp3) is 0.0952. The SMILES string of the molecule is c1ccc(COc2ccc(Cn3cc(-c4cccnc4)nn3)cc2)cc1. The number of benzene rings is 2. The number of pyridine rings is 1. The molecule has 0 radical (unpaired) electrons. The highest BCUT2D eigenvalue weighted by Gasteiger charge is 2.04. The molecule has 5 nitrogen and oxygen atoms in total. The molecule has 0 unspecified atom stereocenters. The zero-order chi connectivity index (χ0) is 17.6. The molecule has 2 aromatic carbocycles. The van der Waals surface area contributed by atoms with E-state index >= 15 is 0 Å². The molecule has 0 bridgehead atoms. The number of aromatic nitrogens is 4. The van der Waals surface area contributed by atoms with Gasteiger partial charge in [-0.15, -0.1) is 5.10 Å². The van der Waals surface area contributed by atoms with Gasteiger partial charge in [-0.2, -0.15) is 0 Å². The molecule has 0 saturated heterocycles. The van der Waals surface area contributed by atoms with Gasteiger partial charge in [0.25, 0.3) is 0 Å². The van der Waals surface area contributed by atoms with Gasteiger partial charge in [-0.05, 0) is 35.4 Å². The van der Waals surface area contributed by atoms with Gasteiger partial charge in [-0.1, -0.05) is 47.7 Å². The highest BCUT2D eigenvalue weighted by molar-refractivity contribution is 5.55. The van der Waals surface area contributed by atoms with Crippen LogP contribution in [0.1, 0.15) is 11.1 Å². The summed E-state index contributed by atoms with van der Waals surface area (Å²) in [5, 5.41) is 8.41. The van der Waals surface area contributed by atoms with E-state index in [1.807, 2.05) is 65.5 Å². The van der Waals surface area contributed by atoms with E-state index in [1.54, 1.807) is 12.4 Å². The maximum absolute atomic E-state index is 5.82. The van der Waals surface area contributed by atoms with Crippen LogP contribution in [0.4, 0.5) is 0 Å². The Hall–Kier alpha value is -3.47. The van der Waals surface area contributed by atoms with Crippen molar-refractivity contribution in [2.24, 2.45) is 0 Å². The van der Waals surface area contributed by atoms with Crippen LogP contribution in [-0.4, -0.2) is 20.0 Å². The third-order valence-electron chi connectivity index (χ3n) is 4.01. The molecule has 4 rings (SSSR count). The van der Waals surface area contributed by atoms with Gasteiger partial charge in [-0.25, -0.2) is 4.68 Å². The molecule has 0 spiro atoms. The lowest BCUT2D eigenvalue weighted by atomic mass is 10.2. The fourth-order valence-electron chi connectivity index (χ4n) is 2.64. The monoisotopic (exact) mass is 342 g/mol. The molecule has 0 N–H and O–H groups in total. The van der Waals surface area contributed by atoms with Crippen LogP contribution in [0.3, 0.4) is 0 Å². The number of hydrogen-bond donors (Lipinski definition) is 0. The van der Waals surface area contributed by atoms with Crippen molar-refractivity contribution in [3.05, 3.63) is 96.4 Å². The average Bonchev–Trinajstić information content (AvgIpc) is 3.17. The Balaban J connectivity index is 1.38. The molecule has 26 heavy (non-hydrogen) atoms. The van der Waals surface area contributed by atoms with Gasteiger partial charge < -0.3 is 4.74 Å². The van der Waals surface area contributed by atoms with E-state index in [4.69, 9.17) is 4.74 Å². The first-order valence-corrected chi connectivity index (χ1v) is 8.43. The van der Waals surface area contributed by atoms with Gasteiger partial charge in [0.05, 0.1) is 12.7 Å². The topological polar surface area (TPSA) is 52.8 Å². The minimum absolute atomic E-state index is 0.567. The summed E-state index contributed by atoms with van der Waals surface area (Å²) in [6.45, 7) is 1.23. The van der Waals surface area contributed by atoms with Gasteiger partial charge >= 0.3 is 0 Å². The summed E-state index contributed by atoms with van der Waals surface area (Å²) in [7, 11) is 0. The molecule has 0 fully saturated rings. The van der Waals surface area contributed by atoms with E-state index in [2.05, 4.69) is 27.4 Å². The van der Waals surface area contributed by atoms with Gasteiger partial charge in [0.15, 0.2) is 0 Å². The number of hydrogen-bond acceptors (Lipinski definition) is 4. The van der Waals surface area contributed by atoms with Crippen LogP contribution in [0.15, 0.2) is 85.3 Å². The van der Waals surface area contributed by atoms with E-state index in [1.165, 1.54) is 0 Å². The largest absolute Gasteiger partial charge is 0.489 e. The first kappa shape index (κ1) is 16.0. The predicted molar refractivity (Wildman–Crippen MR) is 99.6 cm³/mol. The zero-order valence-electron chi connectivity index (χ0n) is 14.2. The molecular weight excluding hydrogens is 324 g/mol. The Morgan fingerprint density at radius 2 is 1.69 bits per heavy atom. The van der Waals surface area contributed by atoms with Gasteiger partial charge in [0.1, 0.15) is 18.1 Å². The molecule has 0 aliphatic carbocycles. The normalized spacial score (nSPS) is 10.6. The molecule has 0 amide bonds.